The summed E-state index contributed by atoms with van der Waals surface area (Å²) in [7, 11) is 1.48. The molecule has 40 heavy (non-hydrogen) atoms. The molecule has 4 aromatic rings. The van der Waals surface area contributed by atoms with Gasteiger partial charge in [-0.15, -0.1) is 0 Å². The Morgan fingerprint density at radius 1 is 1.07 bits per heavy atom. The monoisotopic (exact) mass is 543 g/mol. The van der Waals surface area contributed by atoms with Gasteiger partial charge in [-0.3, -0.25) is 9.88 Å². The number of fused-ring (bicyclic) bond motifs is 4. The SMILES string of the molecule is CCc1cccc2cccc(-c3ncc4c(N5CC6CCC(C5)N6C(=O)OC(C)(C)C)nc(OC)nc4c3F)c12. The molecule has 0 radical (unpaired) electrons. The van der Waals surface area contributed by atoms with Gasteiger partial charge in [0.1, 0.15) is 22.6 Å². The van der Waals surface area contributed by atoms with Crippen molar-refractivity contribution in [2.24, 2.45) is 0 Å². The molecule has 2 atom stereocenters. The highest BCUT2D eigenvalue weighted by Gasteiger charge is 2.45. The lowest BCUT2D eigenvalue weighted by Crippen LogP contribution is -2.57. The van der Waals surface area contributed by atoms with Crippen molar-refractivity contribution in [3.8, 4) is 17.3 Å². The lowest BCUT2D eigenvalue weighted by Gasteiger charge is -2.42. The van der Waals surface area contributed by atoms with Gasteiger partial charge in [-0.1, -0.05) is 43.3 Å². The lowest BCUT2D eigenvalue weighted by molar-refractivity contribution is 0.0123. The fraction of sp³-hybridized carbons (Fsp3) is 0.419. The molecule has 2 unspecified atom stereocenters. The van der Waals surface area contributed by atoms with Crippen molar-refractivity contribution in [1.29, 1.82) is 0 Å². The van der Waals surface area contributed by atoms with E-state index < -0.39 is 11.4 Å². The molecule has 4 heterocycles. The first-order chi connectivity index (χ1) is 19.2. The van der Waals surface area contributed by atoms with Crippen LogP contribution in [0.1, 0.15) is 46.1 Å². The highest BCUT2D eigenvalue weighted by Crippen LogP contribution is 2.39. The van der Waals surface area contributed by atoms with E-state index in [1.165, 1.54) is 7.11 Å². The fourth-order valence-electron chi connectivity index (χ4n) is 6.14. The molecule has 6 rings (SSSR count). The average molecular weight is 544 g/mol. The van der Waals surface area contributed by atoms with Crippen molar-refractivity contribution in [3.63, 3.8) is 0 Å². The molecular weight excluding hydrogens is 509 g/mol. The summed E-state index contributed by atoms with van der Waals surface area (Å²) in [6.07, 6.45) is 3.94. The van der Waals surface area contributed by atoms with Crippen LogP contribution in [0.4, 0.5) is 15.0 Å². The molecule has 2 bridgehead atoms. The second-order valence-corrected chi connectivity index (χ2v) is 11.6. The number of piperazine rings is 1. The largest absolute Gasteiger partial charge is 0.467 e. The van der Waals surface area contributed by atoms with Gasteiger partial charge in [0.15, 0.2) is 5.82 Å². The minimum absolute atomic E-state index is 0.0233. The van der Waals surface area contributed by atoms with E-state index in [1.54, 1.807) is 6.20 Å². The molecule has 2 fully saturated rings. The minimum Gasteiger partial charge on any atom is -0.467 e. The number of aromatic nitrogens is 3. The first-order valence-corrected chi connectivity index (χ1v) is 13.9. The molecule has 2 aliphatic rings. The van der Waals surface area contributed by atoms with Gasteiger partial charge in [-0.2, -0.15) is 9.97 Å². The number of halogens is 1. The molecule has 2 aromatic carbocycles. The summed E-state index contributed by atoms with van der Waals surface area (Å²) in [5.74, 6) is 0.0564. The standard InChI is InChI=1S/C31H34FN5O3/c1-6-18-9-7-10-19-11-8-12-22(24(18)19)26-25(32)27-23(15-33-26)28(35-29(34-27)39-5)36-16-20-13-14-21(17-36)37(20)30(38)40-31(2,3)4/h7-12,15,20-21H,6,13-14,16-17H2,1-5H3. The molecule has 0 aliphatic carbocycles. The number of anilines is 1. The van der Waals surface area contributed by atoms with Crippen LogP contribution in [0.15, 0.2) is 42.6 Å². The Balaban J connectivity index is 1.42. The summed E-state index contributed by atoms with van der Waals surface area (Å²) in [5, 5.41) is 2.55. The lowest BCUT2D eigenvalue weighted by atomic mass is 9.95. The Hall–Kier alpha value is -4.01. The molecular formula is C31H34FN5O3. The number of carbonyl (C=O) groups is 1. The number of benzene rings is 2. The molecule has 1 amide bonds. The third kappa shape index (κ3) is 4.47. The Morgan fingerprint density at radius 2 is 1.77 bits per heavy atom. The van der Waals surface area contributed by atoms with Gasteiger partial charge < -0.3 is 14.4 Å². The number of carbonyl (C=O) groups excluding carboxylic acids is 1. The van der Waals surface area contributed by atoms with Gasteiger partial charge in [0.05, 0.1) is 24.6 Å². The zero-order valence-electron chi connectivity index (χ0n) is 23.6. The van der Waals surface area contributed by atoms with Crippen LogP contribution < -0.4 is 9.64 Å². The maximum absolute atomic E-state index is 16.4. The summed E-state index contributed by atoms with van der Waals surface area (Å²) < 4.78 is 27.5. The van der Waals surface area contributed by atoms with Crippen LogP contribution in [0.5, 0.6) is 6.01 Å². The maximum Gasteiger partial charge on any atom is 0.410 e. The van der Waals surface area contributed by atoms with Gasteiger partial charge in [-0.25, -0.2) is 9.18 Å². The van der Waals surface area contributed by atoms with Crippen molar-refractivity contribution in [1.82, 2.24) is 19.9 Å². The zero-order chi connectivity index (χ0) is 28.2. The fourth-order valence-corrected chi connectivity index (χ4v) is 6.14. The second kappa shape index (κ2) is 9.87. The summed E-state index contributed by atoms with van der Waals surface area (Å²) in [4.78, 5) is 30.7. The van der Waals surface area contributed by atoms with Crippen LogP contribution in [-0.4, -0.2) is 63.8 Å². The molecule has 8 nitrogen and oxygen atoms in total. The highest BCUT2D eigenvalue weighted by atomic mass is 19.1. The molecule has 2 saturated heterocycles. The van der Waals surface area contributed by atoms with E-state index in [1.807, 2.05) is 56.0 Å². The third-order valence-electron chi connectivity index (χ3n) is 7.84. The van der Waals surface area contributed by atoms with Crippen molar-refractivity contribution >= 4 is 33.6 Å². The summed E-state index contributed by atoms with van der Waals surface area (Å²) >= 11 is 0. The van der Waals surface area contributed by atoms with Crippen LogP contribution in [0, 0.1) is 5.82 Å². The number of methoxy groups -OCH3 is 1. The minimum atomic E-state index is -0.563. The maximum atomic E-state index is 16.4. The van der Waals surface area contributed by atoms with Gasteiger partial charge in [0.25, 0.3) is 0 Å². The van der Waals surface area contributed by atoms with Crippen molar-refractivity contribution in [3.05, 3.63) is 54.0 Å². The average Bonchev–Trinajstić information content (AvgIpc) is 3.21. The smallest absolute Gasteiger partial charge is 0.410 e. The zero-order valence-corrected chi connectivity index (χ0v) is 23.6. The van der Waals surface area contributed by atoms with Crippen LogP contribution in [0.25, 0.3) is 32.9 Å². The van der Waals surface area contributed by atoms with Crippen molar-refractivity contribution < 1.29 is 18.7 Å². The van der Waals surface area contributed by atoms with Crippen LogP contribution in [0.2, 0.25) is 0 Å². The predicted octanol–water partition coefficient (Wildman–Crippen LogP) is 6.14. The Kier molecular flexibility index (Phi) is 6.47. The Bertz CT molecular complexity index is 1600. The summed E-state index contributed by atoms with van der Waals surface area (Å²) in [6.45, 7) is 8.82. The van der Waals surface area contributed by atoms with Crippen LogP contribution in [-0.2, 0) is 11.2 Å². The number of aryl methyl sites for hydroxylation is 1. The highest BCUT2D eigenvalue weighted by molar-refractivity contribution is 6.00. The Morgan fingerprint density at radius 3 is 2.42 bits per heavy atom. The first kappa shape index (κ1) is 26.2. The molecule has 9 heteroatoms. The number of rotatable bonds is 4. The predicted molar refractivity (Wildman–Crippen MR) is 153 cm³/mol. The third-order valence-corrected chi connectivity index (χ3v) is 7.84. The van der Waals surface area contributed by atoms with Crippen LogP contribution >= 0.6 is 0 Å². The van der Waals surface area contributed by atoms with Crippen LogP contribution in [0.3, 0.4) is 0 Å². The first-order valence-electron chi connectivity index (χ1n) is 13.9. The second-order valence-electron chi connectivity index (χ2n) is 11.6. The van der Waals surface area contributed by atoms with Crippen molar-refractivity contribution in [2.75, 3.05) is 25.1 Å². The van der Waals surface area contributed by atoms with E-state index in [9.17, 15) is 4.79 Å². The number of amides is 1. The summed E-state index contributed by atoms with van der Waals surface area (Å²) in [6, 6.07) is 12.0. The Labute approximate surface area is 233 Å². The van der Waals surface area contributed by atoms with E-state index in [-0.39, 0.29) is 35.4 Å². The van der Waals surface area contributed by atoms with Gasteiger partial charge in [0.2, 0.25) is 0 Å². The molecule has 208 valence electrons. The molecule has 0 spiro atoms. The quantitative estimate of drug-likeness (QED) is 0.306. The molecule has 0 saturated carbocycles. The molecule has 0 N–H and O–H groups in total. The number of hydrogen-bond acceptors (Lipinski definition) is 7. The van der Waals surface area contributed by atoms with E-state index in [0.29, 0.717) is 24.3 Å². The molecule has 2 aliphatic heterocycles. The number of hydrogen-bond donors (Lipinski definition) is 0. The van der Waals surface area contributed by atoms with E-state index in [0.717, 1.165) is 41.2 Å². The summed E-state index contributed by atoms with van der Waals surface area (Å²) in [5.41, 5.74) is 1.72. The number of nitrogens with zero attached hydrogens (tertiary/aromatic N) is 5. The van der Waals surface area contributed by atoms with E-state index in [4.69, 9.17) is 9.47 Å². The normalized spacial score (nSPS) is 18.9. The van der Waals surface area contributed by atoms with Gasteiger partial charge >= 0.3 is 12.1 Å². The number of pyridine rings is 1. The topological polar surface area (TPSA) is 80.7 Å². The molecule has 2 aromatic heterocycles. The number of ether oxygens (including phenoxy) is 2. The van der Waals surface area contributed by atoms with E-state index >= 15 is 4.39 Å². The van der Waals surface area contributed by atoms with Gasteiger partial charge in [0, 0.05) is 24.8 Å². The van der Waals surface area contributed by atoms with Gasteiger partial charge in [-0.05, 0) is 56.4 Å². The van der Waals surface area contributed by atoms with E-state index in [2.05, 4.69) is 32.8 Å². The van der Waals surface area contributed by atoms with Crippen molar-refractivity contribution in [2.45, 2.75) is 64.6 Å².